The Bertz CT molecular complexity index is 1070. The van der Waals surface area contributed by atoms with Crippen molar-refractivity contribution in [1.29, 1.82) is 0 Å². The number of carbonyl (C=O) groups is 1. The minimum Gasteiger partial charge on any atom is -0.493 e. The molecule has 0 heterocycles. The molecule has 1 N–H and O–H groups in total. The molecule has 4 rings (SSSR count). The Labute approximate surface area is 206 Å². The average Bonchev–Trinajstić information content (AvgIpc) is 3.63. The van der Waals surface area contributed by atoms with Gasteiger partial charge in [0.15, 0.2) is 0 Å². The number of alkyl halides is 4. The number of rotatable bonds is 9. The van der Waals surface area contributed by atoms with E-state index in [1.807, 2.05) is 0 Å². The summed E-state index contributed by atoms with van der Waals surface area (Å²) in [7, 11) is 0. The molecule has 2 saturated carbocycles. The summed E-state index contributed by atoms with van der Waals surface area (Å²) in [6.07, 6.45) is -0.640. The Kier molecular flexibility index (Phi) is 7.48. The monoisotopic (exact) mass is 512 g/mol. The number of benzene rings is 2. The Balaban J connectivity index is 1.35. The standard InChI is InChI=1S/C27H29F5O4/c1-26(29,25(33)34)24(18-9-10-18)19-3-2-4-20(13-19)35-15-16-5-7-17(8-6-16)22-14-21(11-12-23(22)28)36-27(30,31)32/h2-4,11-14,16-18,24H,5-10,15H2,1H3,(H,33,34)/t16?,17?,24-,26+/m0/s1. The van der Waals surface area contributed by atoms with Gasteiger partial charge in [0.05, 0.1) is 6.61 Å². The van der Waals surface area contributed by atoms with Crippen molar-refractivity contribution in [3.05, 3.63) is 59.4 Å². The summed E-state index contributed by atoms with van der Waals surface area (Å²) in [5, 5.41) is 9.39. The van der Waals surface area contributed by atoms with Crippen LogP contribution in [0, 0.1) is 17.7 Å². The SMILES string of the molecule is C[C@](F)(C(=O)O)[C@H](c1cccc(OCC2CCC(c3cc(OC(F)(F)F)ccc3F)CC2)c1)C1CC1. The van der Waals surface area contributed by atoms with Crippen molar-refractivity contribution >= 4 is 5.97 Å². The normalized spacial score (nSPS) is 22.9. The van der Waals surface area contributed by atoms with Gasteiger partial charge in [-0.25, -0.2) is 13.6 Å². The first kappa shape index (κ1) is 26.2. The van der Waals surface area contributed by atoms with Gasteiger partial charge in [-0.05, 0) is 105 Å². The highest BCUT2D eigenvalue weighted by atomic mass is 19.4. The van der Waals surface area contributed by atoms with Crippen LogP contribution in [0.2, 0.25) is 0 Å². The molecule has 0 bridgehead atoms. The van der Waals surface area contributed by atoms with E-state index >= 15 is 4.39 Å². The molecule has 2 aromatic carbocycles. The molecule has 0 aliphatic heterocycles. The van der Waals surface area contributed by atoms with E-state index in [0.29, 0.717) is 43.6 Å². The van der Waals surface area contributed by atoms with Gasteiger partial charge in [-0.15, -0.1) is 13.2 Å². The summed E-state index contributed by atoms with van der Waals surface area (Å²) >= 11 is 0. The Morgan fingerprint density at radius 2 is 1.69 bits per heavy atom. The van der Waals surface area contributed by atoms with Crippen LogP contribution in [0.4, 0.5) is 22.0 Å². The molecule has 0 saturated heterocycles. The molecule has 2 aliphatic rings. The van der Waals surface area contributed by atoms with Gasteiger partial charge in [0.2, 0.25) is 5.67 Å². The average molecular weight is 513 g/mol. The van der Waals surface area contributed by atoms with Gasteiger partial charge in [0, 0.05) is 5.92 Å². The highest BCUT2D eigenvalue weighted by Gasteiger charge is 2.50. The van der Waals surface area contributed by atoms with Crippen molar-refractivity contribution in [3.8, 4) is 11.5 Å². The number of halogens is 5. The van der Waals surface area contributed by atoms with E-state index in [1.54, 1.807) is 24.3 Å². The lowest BCUT2D eigenvalue weighted by atomic mass is 9.79. The predicted molar refractivity (Wildman–Crippen MR) is 122 cm³/mol. The van der Waals surface area contributed by atoms with Crippen LogP contribution in [0.1, 0.15) is 68.4 Å². The van der Waals surface area contributed by atoms with Crippen molar-refractivity contribution in [1.82, 2.24) is 0 Å². The van der Waals surface area contributed by atoms with E-state index < -0.39 is 35.5 Å². The summed E-state index contributed by atoms with van der Waals surface area (Å²) < 4.78 is 76.8. The number of aliphatic carboxylic acids is 1. The van der Waals surface area contributed by atoms with Crippen LogP contribution < -0.4 is 9.47 Å². The van der Waals surface area contributed by atoms with Crippen molar-refractivity contribution in [2.24, 2.45) is 11.8 Å². The lowest BCUT2D eigenvalue weighted by Gasteiger charge is -2.29. The third kappa shape index (κ3) is 6.28. The first-order chi connectivity index (χ1) is 16.9. The van der Waals surface area contributed by atoms with E-state index in [-0.39, 0.29) is 23.3 Å². The van der Waals surface area contributed by atoms with Gasteiger partial charge in [0.25, 0.3) is 0 Å². The second-order valence-electron chi connectivity index (χ2n) is 10.0. The molecule has 0 unspecified atom stereocenters. The molecule has 36 heavy (non-hydrogen) atoms. The highest BCUT2D eigenvalue weighted by molar-refractivity contribution is 5.78. The number of ether oxygens (including phenoxy) is 2. The lowest BCUT2D eigenvalue weighted by Crippen LogP contribution is -2.38. The fraction of sp³-hybridized carbons (Fsp3) is 0.519. The van der Waals surface area contributed by atoms with E-state index in [4.69, 9.17) is 4.74 Å². The predicted octanol–water partition coefficient (Wildman–Crippen LogP) is 7.38. The van der Waals surface area contributed by atoms with Crippen LogP contribution in [0.5, 0.6) is 11.5 Å². The topological polar surface area (TPSA) is 55.8 Å². The van der Waals surface area contributed by atoms with Gasteiger partial charge in [-0.3, -0.25) is 0 Å². The summed E-state index contributed by atoms with van der Waals surface area (Å²) in [5.74, 6) is -2.72. The van der Waals surface area contributed by atoms with E-state index in [1.165, 1.54) is 0 Å². The Morgan fingerprint density at radius 1 is 1.00 bits per heavy atom. The maximum Gasteiger partial charge on any atom is 0.573 e. The fourth-order valence-corrected chi connectivity index (χ4v) is 5.27. The van der Waals surface area contributed by atoms with Crippen molar-refractivity contribution < 1.29 is 41.3 Å². The number of carboxylic acids is 1. The van der Waals surface area contributed by atoms with E-state index in [0.717, 1.165) is 38.0 Å². The third-order valence-corrected chi connectivity index (χ3v) is 7.29. The molecule has 0 aromatic heterocycles. The van der Waals surface area contributed by atoms with Crippen LogP contribution in [0.3, 0.4) is 0 Å². The van der Waals surface area contributed by atoms with Crippen molar-refractivity contribution in [2.45, 2.75) is 69.3 Å². The zero-order chi connectivity index (χ0) is 26.1. The van der Waals surface area contributed by atoms with Crippen LogP contribution in [-0.2, 0) is 4.79 Å². The minimum atomic E-state index is -4.84. The zero-order valence-corrected chi connectivity index (χ0v) is 19.9. The molecule has 0 spiro atoms. The molecular weight excluding hydrogens is 483 g/mol. The number of hydrogen-bond acceptors (Lipinski definition) is 3. The van der Waals surface area contributed by atoms with Crippen LogP contribution in [0.25, 0.3) is 0 Å². The van der Waals surface area contributed by atoms with Crippen molar-refractivity contribution in [3.63, 3.8) is 0 Å². The zero-order valence-electron chi connectivity index (χ0n) is 19.9. The molecule has 4 nitrogen and oxygen atoms in total. The molecule has 2 aromatic rings. The van der Waals surface area contributed by atoms with Gasteiger partial charge < -0.3 is 14.6 Å². The van der Waals surface area contributed by atoms with Gasteiger partial charge >= 0.3 is 12.3 Å². The largest absolute Gasteiger partial charge is 0.573 e. The van der Waals surface area contributed by atoms with Crippen LogP contribution >= 0.6 is 0 Å². The summed E-state index contributed by atoms with van der Waals surface area (Å²) in [4.78, 5) is 11.5. The fourth-order valence-electron chi connectivity index (χ4n) is 5.27. The summed E-state index contributed by atoms with van der Waals surface area (Å²) in [6.45, 7) is 1.49. The molecule has 0 amide bonds. The molecule has 2 aliphatic carbocycles. The maximum atomic E-state index is 15.0. The highest BCUT2D eigenvalue weighted by Crippen LogP contribution is 2.50. The minimum absolute atomic E-state index is 0.0120. The lowest BCUT2D eigenvalue weighted by molar-refractivity contribution is -0.274. The molecule has 2 atom stereocenters. The smallest absolute Gasteiger partial charge is 0.493 e. The maximum absolute atomic E-state index is 15.0. The van der Waals surface area contributed by atoms with Crippen LogP contribution in [0.15, 0.2) is 42.5 Å². The first-order valence-electron chi connectivity index (χ1n) is 12.1. The summed E-state index contributed by atoms with van der Waals surface area (Å²) in [6, 6.07) is 10.0. The Morgan fingerprint density at radius 3 is 2.31 bits per heavy atom. The van der Waals surface area contributed by atoms with E-state index in [9.17, 15) is 27.5 Å². The van der Waals surface area contributed by atoms with Gasteiger partial charge in [-0.2, -0.15) is 0 Å². The third-order valence-electron chi connectivity index (χ3n) is 7.29. The summed E-state index contributed by atoms with van der Waals surface area (Å²) in [5.41, 5.74) is -1.55. The molecule has 196 valence electrons. The molecular formula is C27H29F5O4. The molecule has 0 radical (unpaired) electrons. The van der Waals surface area contributed by atoms with Crippen LogP contribution in [-0.4, -0.2) is 29.7 Å². The van der Waals surface area contributed by atoms with Gasteiger partial charge in [0.1, 0.15) is 17.3 Å². The van der Waals surface area contributed by atoms with E-state index in [2.05, 4.69) is 4.74 Å². The Hall–Kier alpha value is -2.84. The number of hydrogen-bond donors (Lipinski definition) is 1. The number of carboxylic acid groups (broad SMARTS) is 1. The van der Waals surface area contributed by atoms with Crippen molar-refractivity contribution in [2.75, 3.05) is 6.61 Å². The first-order valence-corrected chi connectivity index (χ1v) is 12.1. The second kappa shape index (κ2) is 10.3. The quantitative estimate of drug-likeness (QED) is 0.356. The van der Waals surface area contributed by atoms with Gasteiger partial charge in [-0.1, -0.05) is 12.1 Å². The molecule has 2 fully saturated rings. The molecule has 9 heteroatoms. The second-order valence-corrected chi connectivity index (χ2v) is 10.0.